The van der Waals surface area contributed by atoms with E-state index in [1.807, 2.05) is 0 Å². The lowest BCUT2D eigenvalue weighted by Gasteiger charge is -2.38. The Labute approximate surface area is 374 Å². The van der Waals surface area contributed by atoms with Crippen molar-refractivity contribution >= 4 is 38.6 Å². The van der Waals surface area contributed by atoms with Gasteiger partial charge in [0.1, 0.15) is 0 Å². The van der Waals surface area contributed by atoms with Crippen molar-refractivity contribution in [3.8, 4) is 44.5 Å². The highest BCUT2D eigenvalue weighted by atomic mass is 15.1. The van der Waals surface area contributed by atoms with Crippen molar-refractivity contribution in [2.45, 2.75) is 5.41 Å². The zero-order valence-corrected chi connectivity index (χ0v) is 35.3. The smallest absolute Gasteiger partial charge is 0.0713 e. The van der Waals surface area contributed by atoms with Gasteiger partial charge < -0.3 is 4.90 Å². The second-order valence-electron chi connectivity index (χ2n) is 16.8. The maximum absolute atomic E-state index is 2.43. The van der Waals surface area contributed by atoms with Crippen LogP contribution in [0.25, 0.3) is 66.1 Å². The maximum Gasteiger partial charge on any atom is 0.0713 e. The molecule has 0 amide bonds. The fourth-order valence-electron chi connectivity index (χ4n) is 10.5. The summed E-state index contributed by atoms with van der Waals surface area (Å²) >= 11 is 0. The molecule has 12 rings (SSSR count). The van der Waals surface area contributed by atoms with Crippen molar-refractivity contribution in [3.63, 3.8) is 0 Å². The van der Waals surface area contributed by atoms with E-state index in [2.05, 4.69) is 266 Å². The van der Waals surface area contributed by atoms with E-state index in [0.717, 1.165) is 22.6 Å². The number of benzene rings is 11. The van der Waals surface area contributed by atoms with E-state index < -0.39 is 5.41 Å². The van der Waals surface area contributed by atoms with Gasteiger partial charge in [-0.05, 0) is 119 Å². The maximum atomic E-state index is 2.43. The normalized spacial score (nSPS) is 12.5. The molecule has 0 saturated heterocycles. The Morgan fingerprint density at radius 2 is 0.719 bits per heavy atom. The Hall–Kier alpha value is -8.26. The highest BCUT2D eigenvalue weighted by Gasteiger charge is 2.43. The lowest BCUT2D eigenvalue weighted by molar-refractivity contribution is 0.752. The van der Waals surface area contributed by atoms with Gasteiger partial charge in [0.25, 0.3) is 0 Å². The molecule has 0 bridgehead atoms. The van der Waals surface area contributed by atoms with Crippen LogP contribution >= 0.6 is 0 Å². The Bertz CT molecular complexity index is 3410. The molecule has 0 atom stereocenters. The monoisotopic (exact) mass is 813 g/mol. The van der Waals surface area contributed by atoms with E-state index in [-0.39, 0.29) is 0 Å². The summed E-state index contributed by atoms with van der Waals surface area (Å²) in [6.07, 6.45) is 0. The van der Waals surface area contributed by atoms with Crippen LogP contribution in [-0.4, -0.2) is 0 Å². The number of nitrogens with zero attached hydrogens (tertiary/aromatic N) is 1. The van der Waals surface area contributed by atoms with Crippen molar-refractivity contribution in [2.75, 3.05) is 4.90 Å². The molecular weight excluding hydrogens is 771 g/mol. The van der Waals surface area contributed by atoms with Crippen LogP contribution in [0.4, 0.5) is 17.1 Å². The van der Waals surface area contributed by atoms with Crippen molar-refractivity contribution in [1.29, 1.82) is 0 Å². The van der Waals surface area contributed by atoms with Crippen molar-refractivity contribution < 1.29 is 0 Å². The van der Waals surface area contributed by atoms with E-state index >= 15 is 0 Å². The van der Waals surface area contributed by atoms with E-state index in [9.17, 15) is 0 Å². The van der Waals surface area contributed by atoms with Crippen LogP contribution in [0.15, 0.2) is 261 Å². The molecule has 1 aliphatic carbocycles. The summed E-state index contributed by atoms with van der Waals surface area (Å²) < 4.78 is 0. The number of hydrogen-bond donors (Lipinski definition) is 0. The minimum absolute atomic E-state index is 0.590. The average molecular weight is 814 g/mol. The summed E-state index contributed by atoms with van der Waals surface area (Å²) in [5, 5.41) is 4.92. The molecule has 0 heterocycles. The summed E-state index contributed by atoms with van der Waals surface area (Å²) in [6, 6.07) is 96.0. The zero-order chi connectivity index (χ0) is 42.5. The van der Waals surface area contributed by atoms with Gasteiger partial charge in [0.05, 0.1) is 11.1 Å². The molecule has 1 nitrogen and oxygen atoms in total. The summed E-state index contributed by atoms with van der Waals surface area (Å²) in [5.74, 6) is 0. The molecule has 64 heavy (non-hydrogen) atoms. The molecule has 0 spiro atoms. The molecule has 0 aromatic heterocycles. The summed E-state index contributed by atoms with van der Waals surface area (Å²) in [6.45, 7) is 0. The summed E-state index contributed by atoms with van der Waals surface area (Å²) in [4.78, 5) is 2.40. The first-order chi connectivity index (χ1) is 31.8. The Morgan fingerprint density at radius 1 is 0.266 bits per heavy atom. The molecular formula is C63H43N. The SMILES string of the molecule is c1ccc(C2(c3cccc(-c4ccc(N(c5ccc(-c6cccc7ccccc67)cc5)c5cccc6ccccc56)cc4)c3)c3ccccc3-c3ccccc3-c3ccccc32)cc1. The standard InChI is InChI=1S/C63H43N/c1-2-22-49(23-3-1)63(60-32-12-10-29-58(60)56-27-8-9-28-57(56)59-30-11-13-33-61(59)63)50-24-14-21-48(43-50)44-35-39-51(40-36-44)64(62-34-16-20-46-18-5-7-26-55(46)62)52-41-37-47(38-42-52)54-31-15-19-45-17-4-6-25-53(45)54/h1-43H. The second kappa shape index (κ2) is 15.6. The minimum Gasteiger partial charge on any atom is -0.310 e. The molecule has 0 unspecified atom stereocenters. The Kier molecular flexibility index (Phi) is 9.13. The van der Waals surface area contributed by atoms with Gasteiger partial charge in [0, 0.05) is 16.8 Å². The first-order valence-corrected chi connectivity index (χ1v) is 22.2. The summed E-state index contributed by atoms with van der Waals surface area (Å²) in [7, 11) is 0. The third kappa shape index (κ3) is 6.08. The lowest BCUT2D eigenvalue weighted by Crippen LogP contribution is -2.31. The van der Waals surface area contributed by atoms with Crippen LogP contribution < -0.4 is 4.90 Å². The van der Waals surface area contributed by atoms with Gasteiger partial charge >= 0.3 is 0 Å². The highest BCUT2D eigenvalue weighted by Crippen LogP contribution is 2.55. The van der Waals surface area contributed by atoms with Crippen molar-refractivity contribution in [3.05, 3.63) is 283 Å². The van der Waals surface area contributed by atoms with Gasteiger partial charge in [-0.2, -0.15) is 0 Å². The lowest BCUT2D eigenvalue weighted by atomic mass is 9.63. The van der Waals surface area contributed by atoms with Crippen LogP contribution in [0.3, 0.4) is 0 Å². The first-order valence-electron chi connectivity index (χ1n) is 22.2. The van der Waals surface area contributed by atoms with E-state index in [1.165, 1.54) is 82.7 Å². The minimum atomic E-state index is -0.590. The molecule has 0 aliphatic heterocycles. The van der Waals surface area contributed by atoms with Gasteiger partial charge in [-0.15, -0.1) is 0 Å². The van der Waals surface area contributed by atoms with Crippen LogP contribution in [0.5, 0.6) is 0 Å². The van der Waals surface area contributed by atoms with Crippen LogP contribution in [0, 0.1) is 0 Å². The van der Waals surface area contributed by atoms with E-state index in [1.54, 1.807) is 0 Å². The molecule has 300 valence electrons. The Morgan fingerprint density at radius 3 is 1.38 bits per heavy atom. The fraction of sp³-hybridized carbons (Fsp3) is 0.0159. The van der Waals surface area contributed by atoms with Crippen molar-refractivity contribution in [1.82, 2.24) is 0 Å². The van der Waals surface area contributed by atoms with E-state index in [0.29, 0.717) is 0 Å². The largest absolute Gasteiger partial charge is 0.310 e. The van der Waals surface area contributed by atoms with Crippen LogP contribution in [-0.2, 0) is 5.41 Å². The third-order valence-electron chi connectivity index (χ3n) is 13.4. The molecule has 0 N–H and O–H groups in total. The van der Waals surface area contributed by atoms with Gasteiger partial charge in [0.15, 0.2) is 0 Å². The van der Waals surface area contributed by atoms with Gasteiger partial charge in [0.2, 0.25) is 0 Å². The highest BCUT2D eigenvalue weighted by molar-refractivity contribution is 6.00. The van der Waals surface area contributed by atoms with Crippen molar-refractivity contribution in [2.24, 2.45) is 0 Å². The predicted molar refractivity (Wildman–Crippen MR) is 270 cm³/mol. The molecule has 11 aromatic carbocycles. The molecule has 0 fully saturated rings. The Balaban J connectivity index is 0.999. The number of rotatable bonds is 7. The number of fused-ring (bicyclic) bond motifs is 7. The quantitative estimate of drug-likeness (QED) is 0.155. The zero-order valence-electron chi connectivity index (χ0n) is 35.3. The van der Waals surface area contributed by atoms with Crippen LogP contribution in [0.2, 0.25) is 0 Å². The number of hydrogen-bond acceptors (Lipinski definition) is 1. The number of anilines is 3. The van der Waals surface area contributed by atoms with Gasteiger partial charge in [-0.1, -0.05) is 224 Å². The predicted octanol–water partition coefficient (Wildman–Crippen LogP) is 16.8. The first kappa shape index (κ1) is 37.5. The third-order valence-corrected chi connectivity index (χ3v) is 13.4. The average Bonchev–Trinajstić information content (AvgIpc) is 3.48. The van der Waals surface area contributed by atoms with Gasteiger partial charge in [-0.25, -0.2) is 0 Å². The second-order valence-corrected chi connectivity index (χ2v) is 16.8. The van der Waals surface area contributed by atoms with E-state index in [4.69, 9.17) is 0 Å². The molecule has 1 aliphatic rings. The fourth-order valence-corrected chi connectivity index (χ4v) is 10.5. The molecule has 1 heteroatoms. The topological polar surface area (TPSA) is 3.24 Å². The van der Waals surface area contributed by atoms with Crippen LogP contribution in [0.1, 0.15) is 22.3 Å². The summed E-state index contributed by atoms with van der Waals surface area (Å²) in [5.41, 5.74) is 17.6. The molecule has 0 saturated carbocycles. The molecule has 11 aromatic rings. The molecule has 0 radical (unpaired) electrons. The van der Waals surface area contributed by atoms with Gasteiger partial charge in [-0.3, -0.25) is 0 Å².